The fraction of sp³-hybridized carbons (Fsp3) is 0.818. The Morgan fingerprint density at radius 3 is 1.81 bits per heavy atom. The summed E-state index contributed by atoms with van der Waals surface area (Å²) in [5.41, 5.74) is -0.400. The topological polar surface area (TPSA) is 49.9 Å². The summed E-state index contributed by atoms with van der Waals surface area (Å²) in [5, 5.41) is 0. The fourth-order valence-corrected chi connectivity index (χ4v) is 3.34. The minimum atomic E-state index is -0.462. The lowest BCUT2D eigenvalue weighted by molar-refractivity contribution is 0.298. The zero-order chi connectivity index (χ0) is 20.1. The SMILES string of the molecule is CCCCCCCCCCCCOc1c(N(C)CCCN(C)C)c(=O)c1=O. The van der Waals surface area contributed by atoms with Crippen LogP contribution < -0.4 is 20.5 Å². The van der Waals surface area contributed by atoms with Crippen LogP contribution in [0.15, 0.2) is 9.59 Å². The van der Waals surface area contributed by atoms with Gasteiger partial charge in [0.25, 0.3) is 10.9 Å². The van der Waals surface area contributed by atoms with Crippen molar-refractivity contribution in [2.75, 3.05) is 45.7 Å². The van der Waals surface area contributed by atoms with Crippen LogP contribution in [0.3, 0.4) is 0 Å². The molecule has 5 heteroatoms. The molecule has 0 aliphatic carbocycles. The van der Waals surface area contributed by atoms with Gasteiger partial charge in [0.2, 0.25) is 0 Å². The Bertz CT molecular complexity index is 576. The number of hydrogen-bond acceptors (Lipinski definition) is 5. The Kier molecular flexibility index (Phi) is 12.1. The maximum Gasteiger partial charge on any atom is 0.272 e. The molecule has 0 spiro atoms. The van der Waals surface area contributed by atoms with Crippen LogP contribution in [0.1, 0.15) is 77.6 Å². The number of hydrogen-bond donors (Lipinski definition) is 0. The van der Waals surface area contributed by atoms with Gasteiger partial charge in [0.05, 0.1) is 6.61 Å². The van der Waals surface area contributed by atoms with Crippen molar-refractivity contribution in [2.24, 2.45) is 0 Å². The fourth-order valence-electron chi connectivity index (χ4n) is 3.34. The van der Waals surface area contributed by atoms with Crippen LogP contribution in [0.5, 0.6) is 5.75 Å². The first-order valence-corrected chi connectivity index (χ1v) is 10.8. The standard InChI is InChI=1S/C22H40N2O3/c1-5-6-7-8-9-10-11-12-13-14-18-27-22-19(20(25)21(22)26)24(4)17-15-16-23(2)3/h5-18H2,1-4H3. The number of ether oxygens (including phenoxy) is 1. The normalized spacial score (nSPS) is 11.4. The predicted molar refractivity (Wildman–Crippen MR) is 115 cm³/mol. The third kappa shape index (κ3) is 8.91. The molecule has 0 saturated heterocycles. The van der Waals surface area contributed by atoms with Crippen molar-refractivity contribution in [1.82, 2.24) is 4.90 Å². The van der Waals surface area contributed by atoms with E-state index in [1.807, 2.05) is 26.0 Å². The summed E-state index contributed by atoms with van der Waals surface area (Å²) in [5.74, 6) is 0.281. The molecule has 1 aromatic rings. The number of rotatable bonds is 17. The molecule has 0 N–H and O–H groups in total. The monoisotopic (exact) mass is 380 g/mol. The van der Waals surface area contributed by atoms with E-state index in [0.29, 0.717) is 12.3 Å². The predicted octanol–water partition coefficient (Wildman–Crippen LogP) is 3.97. The highest BCUT2D eigenvalue weighted by atomic mass is 16.5. The van der Waals surface area contributed by atoms with E-state index in [1.165, 1.54) is 51.4 Å². The lowest BCUT2D eigenvalue weighted by atomic mass is 10.1. The van der Waals surface area contributed by atoms with Gasteiger partial charge in [0.1, 0.15) is 5.69 Å². The van der Waals surface area contributed by atoms with Crippen LogP contribution in [-0.4, -0.2) is 45.7 Å². The largest absolute Gasteiger partial charge is 0.487 e. The maximum atomic E-state index is 11.9. The highest BCUT2D eigenvalue weighted by Crippen LogP contribution is 2.22. The maximum absolute atomic E-state index is 11.9. The Morgan fingerprint density at radius 1 is 0.704 bits per heavy atom. The first-order valence-electron chi connectivity index (χ1n) is 10.8. The molecule has 5 nitrogen and oxygen atoms in total. The van der Waals surface area contributed by atoms with Gasteiger partial charge in [-0.15, -0.1) is 0 Å². The Labute approximate surface area is 165 Å². The molecule has 0 aliphatic heterocycles. The van der Waals surface area contributed by atoms with Gasteiger partial charge >= 0.3 is 0 Å². The van der Waals surface area contributed by atoms with Gasteiger partial charge in [-0.25, -0.2) is 0 Å². The number of nitrogens with zero attached hydrogens (tertiary/aromatic N) is 2. The highest BCUT2D eigenvalue weighted by Gasteiger charge is 2.25. The first kappa shape index (κ1) is 23.7. The summed E-state index contributed by atoms with van der Waals surface area (Å²) in [7, 11) is 5.91. The van der Waals surface area contributed by atoms with E-state index in [0.717, 1.165) is 32.4 Å². The van der Waals surface area contributed by atoms with Gasteiger partial charge in [-0.2, -0.15) is 0 Å². The van der Waals surface area contributed by atoms with Gasteiger partial charge in [-0.1, -0.05) is 64.7 Å². The van der Waals surface area contributed by atoms with E-state index in [1.54, 1.807) is 0 Å². The molecule has 156 valence electrons. The molecule has 0 unspecified atom stereocenters. The third-order valence-corrected chi connectivity index (χ3v) is 5.07. The van der Waals surface area contributed by atoms with E-state index in [-0.39, 0.29) is 5.75 Å². The molecule has 0 radical (unpaired) electrons. The number of unbranched alkanes of at least 4 members (excludes halogenated alkanes) is 9. The molecule has 1 rings (SSSR count). The van der Waals surface area contributed by atoms with Crippen LogP contribution in [0.2, 0.25) is 0 Å². The molecule has 27 heavy (non-hydrogen) atoms. The molecule has 0 atom stereocenters. The van der Waals surface area contributed by atoms with Crippen molar-refractivity contribution in [3.8, 4) is 5.75 Å². The minimum Gasteiger partial charge on any atom is -0.487 e. The Hall–Kier alpha value is -1.36. The van der Waals surface area contributed by atoms with Crippen molar-refractivity contribution in [1.29, 1.82) is 0 Å². The summed E-state index contributed by atoms with van der Waals surface area (Å²) in [6.07, 6.45) is 13.6. The lowest BCUT2D eigenvalue weighted by Gasteiger charge is -2.23. The zero-order valence-electron chi connectivity index (χ0n) is 18.0. The third-order valence-electron chi connectivity index (χ3n) is 5.07. The molecule has 0 aromatic heterocycles. The van der Waals surface area contributed by atoms with Crippen LogP contribution in [-0.2, 0) is 0 Å². The summed E-state index contributed by atoms with van der Waals surface area (Å²) >= 11 is 0. The summed E-state index contributed by atoms with van der Waals surface area (Å²) in [4.78, 5) is 27.6. The summed E-state index contributed by atoms with van der Waals surface area (Å²) < 4.78 is 5.65. The Balaban J connectivity index is 2.17. The molecule has 0 heterocycles. The molecule has 0 amide bonds. The van der Waals surface area contributed by atoms with Crippen molar-refractivity contribution in [2.45, 2.75) is 77.6 Å². The van der Waals surface area contributed by atoms with Gasteiger partial charge < -0.3 is 14.5 Å². The van der Waals surface area contributed by atoms with Crippen LogP contribution in [0, 0.1) is 0 Å². The quantitative estimate of drug-likeness (QED) is 0.302. The van der Waals surface area contributed by atoms with Gasteiger partial charge in [0, 0.05) is 13.6 Å². The van der Waals surface area contributed by atoms with E-state index in [4.69, 9.17) is 4.74 Å². The molecule has 0 saturated carbocycles. The van der Waals surface area contributed by atoms with Gasteiger partial charge in [0.15, 0.2) is 5.75 Å². The average molecular weight is 381 g/mol. The van der Waals surface area contributed by atoms with E-state index >= 15 is 0 Å². The van der Waals surface area contributed by atoms with E-state index < -0.39 is 10.9 Å². The van der Waals surface area contributed by atoms with Crippen molar-refractivity contribution >= 4 is 5.69 Å². The molecule has 0 aliphatic rings. The second-order valence-corrected chi connectivity index (χ2v) is 7.94. The van der Waals surface area contributed by atoms with Crippen LogP contribution in [0.4, 0.5) is 5.69 Å². The highest BCUT2D eigenvalue weighted by molar-refractivity contribution is 5.63. The van der Waals surface area contributed by atoms with Crippen molar-refractivity contribution in [3.05, 3.63) is 20.4 Å². The minimum absolute atomic E-state index is 0.281. The summed E-state index contributed by atoms with van der Waals surface area (Å²) in [6.45, 7) is 4.48. The van der Waals surface area contributed by atoms with Crippen molar-refractivity contribution < 1.29 is 4.74 Å². The first-order chi connectivity index (χ1) is 13.0. The van der Waals surface area contributed by atoms with Crippen LogP contribution >= 0.6 is 0 Å². The molecule has 0 fully saturated rings. The molecule has 0 bridgehead atoms. The molecular weight excluding hydrogens is 340 g/mol. The molecule has 1 aromatic carbocycles. The van der Waals surface area contributed by atoms with Gasteiger partial charge in [-0.05, 0) is 33.5 Å². The lowest BCUT2D eigenvalue weighted by Crippen LogP contribution is -2.40. The molecular formula is C22H40N2O3. The average Bonchev–Trinajstić information content (AvgIpc) is 2.64. The van der Waals surface area contributed by atoms with E-state index in [2.05, 4.69) is 11.8 Å². The second kappa shape index (κ2) is 13.8. The van der Waals surface area contributed by atoms with E-state index in [9.17, 15) is 9.59 Å². The number of anilines is 1. The smallest absolute Gasteiger partial charge is 0.272 e. The summed E-state index contributed by atoms with van der Waals surface area (Å²) in [6, 6.07) is 0. The van der Waals surface area contributed by atoms with Crippen molar-refractivity contribution in [3.63, 3.8) is 0 Å². The van der Waals surface area contributed by atoms with Gasteiger partial charge in [-0.3, -0.25) is 9.59 Å². The Morgan fingerprint density at radius 2 is 1.26 bits per heavy atom. The zero-order valence-corrected chi connectivity index (χ0v) is 18.0. The second-order valence-electron chi connectivity index (χ2n) is 7.94. The van der Waals surface area contributed by atoms with Crippen LogP contribution in [0.25, 0.3) is 0 Å².